The molecule has 4 heteroatoms. The van der Waals surface area contributed by atoms with Crippen LogP contribution >= 0.6 is 0 Å². The van der Waals surface area contributed by atoms with Crippen LogP contribution in [0.3, 0.4) is 0 Å². The number of nitrogens with zero attached hydrogens (tertiary/aromatic N) is 2. The minimum atomic E-state index is -0.848. The van der Waals surface area contributed by atoms with E-state index in [0.717, 1.165) is 16.9 Å². The van der Waals surface area contributed by atoms with Gasteiger partial charge in [0.15, 0.2) is 5.78 Å². The molecule has 2 heterocycles. The molecule has 0 saturated heterocycles. The van der Waals surface area contributed by atoms with Crippen molar-refractivity contribution in [3.8, 4) is 0 Å². The number of para-hydroxylation sites is 1. The average molecular weight is 396 g/mol. The summed E-state index contributed by atoms with van der Waals surface area (Å²) in [5, 5.41) is 0. The topological polar surface area (TPSA) is 50.3 Å². The number of aromatic nitrogens is 1. The summed E-state index contributed by atoms with van der Waals surface area (Å²) < 4.78 is 0. The van der Waals surface area contributed by atoms with E-state index in [2.05, 4.69) is 11.9 Å². The number of amides is 1. The third-order valence-electron chi connectivity index (χ3n) is 7.14. The van der Waals surface area contributed by atoms with Crippen LogP contribution in [-0.4, -0.2) is 22.2 Å². The third-order valence-corrected chi connectivity index (χ3v) is 7.14. The van der Waals surface area contributed by atoms with Gasteiger partial charge in [0.25, 0.3) is 0 Å². The highest BCUT2D eigenvalue weighted by Crippen LogP contribution is 2.71. The molecule has 1 aliphatic carbocycles. The third kappa shape index (κ3) is 2.14. The van der Waals surface area contributed by atoms with E-state index in [9.17, 15) is 9.59 Å². The van der Waals surface area contributed by atoms with E-state index in [1.54, 1.807) is 13.1 Å². The maximum absolute atomic E-state index is 14.3. The molecule has 1 aromatic heterocycles. The van der Waals surface area contributed by atoms with Crippen molar-refractivity contribution in [2.45, 2.75) is 43.6 Å². The number of carbonyl (C=O) groups excluding carboxylic acids is 2. The first-order chi connectivity index (χ1) is 14.6. The first kappa shape index (κ1) is 18.7. The van der Waals surface area contributed by atoms with Gasteiger partial charge < -0.3 is 4.90 Å². The van der Waals surface area contributed by atoms with Gasteiger partial charge in [0.1, 0.15) is 0 Å². The Morgan fingerprint density at radius 3 is 2.37 bits per heavy atom. The highest BCUT2D eigenvalue weighted by Gasteiger charge is 2.76. The van der Waals surface area contributed by atoms with E-state index in [4.69, 9.17) is 0 Å². The van der Waals surface area contributed by atoms with E-state index in [1.807, 2.05) is 77.7 Å². The number of ketones is 1. The standard InChI is InChI=1S/C26H24N2O2/c1-3-25-17-21(22-14-9-10-16-27-22)26(25,24(30)19-11-5-4-6-12-19)20-13-7-8-15-23(20)28(25)18(2)29/h4-16,21H,3,17H2,1-2H3/t21-,25+,26-/m1/s1. The first-order valence-electron chi connectivity index (χ1n) is 10.5. The van der Waals surface area contributed by atoms with Crippen molar-refractivity contribution in [1.82, 2.24) is 4.98 Å². The summed E-state index contributed by atoms with van der Waals surface area (Å²) in [4.78, 5) is 33.8. The fraction of sp³-hybridized carbons (Fsp3) is 0.269. The van der Waals surface area contributed by atoms with Crippen molar-refractivity contribution >= 4 is 17.4 Å². The summed E-state index contributed by atoms with van der Waals surface area (Å²) in [5.74, 6) is -0.0357. The number of Topliss-reactive ketones (excluding diaryl/α,β-unsaturated/α-hetero) is 1. The smallest absolute Gasteiger partial charge is 0.224 e. The van der Waals surface area contributed by atoms with Gasteiger partial charge in [-0.3, -0.25) is 14.6 Å². The van der Waals surface area contributed by atoms with E-state index < -0.39 is 11.0 Å². The number of hydrogen-bond donors (Lipinski definition) is 0. The molecular weight excluding hydrogens is 372 g/mol. The number of carbonyl (C=O) groups is 2. The van der Waals surface area contributed by atoms with Gasteiger partial charge in [-0.1, -0.05) is 61.5 Å². The molecule has 1 amide bonds. The predicted molar refractivity (Wildman–Crippen MR) is 117 cm³/mol. The second kappa shape index (κ2) is 6.63. The summed E-state index contributed by atoms with van der Waals surface area (Å²) in [6.45, 7) is 3.69. The summed E-state index contributed by atoms with van der Waals surface area (Å²) in [6.07, 6.45) is 3.20. The Morgan fingerprint density at radius 2 is 1.70 bits per heavy atom. The molecule has 5 rings (SSSR count). The normalized spacial score (nSPS) is 26.5. The molecule has 1 aliphatic heterocycles. The van der Waals surface area contributed by atoms with E-state index >= 15 is 0 Å². The van der Waals surface area contributed by atoms with Crippen LogP contribution in [0.2, 0.25) is 0 Å². The fourth-order valence-electron chi connectivity index (χ4n) is 6.05. The van der Waals surface area contributed by atoms with Crippen molar-refractivity contribution in [1.29, 1.82) is 0 Å². The van der Waals surface area contributed by atoms with Gasteiger partial charge in [0.05, 0.1) is 11.0 Å². The van der Waals surface area contributed by atoms with Crippen LogP contribution < -0.4 is 4.90 Å². The molecule has 150 valence electrons. The SMILES string of the molecule is CC[C@]12C[C@H](c3ccccn3)[C@@]1(C(=O)c1ccccc1)c1ccccc1N2C(C)=O. The maximum Gasteiger partial charge on any atom is 0.224 e. The van der Waals surface area contributed by atoms with Crippen LogP contribution in [0.1, 0.15) is 54.2 Å². The van der Waals surface area contributed by atoms with Crippen molar-refractivity contribution in [3.63, 3.8) is 0 Å². The molecule has 1 saturated carbocycles. The molecule has 0 N–H and O–H groups in total. The van der Waals surface area contributed by atoms with Crippen molar-refractivity contribution in [3.05, 3.63) is 95.8 Å². The first-order valence-corrected chi connectivity index (χ1v) is 10.5. The molecule has 4 nitrogen and oxygen atoms in total. The largest absolute Gasteiger partial charge is 0.305 e. The summed E-state index contributed by atoms with van der Waals surface area (Å²) in [6, 6.07) is 23.3. The zero-order chi connectivity index (χ0) is 20.9. The minimum Gasteiger partial charge on any atom is -0.305 e. The van der Waals surface area contributed by atoms with Crippen molar-refractivity contribution in [2.24, 2.45) is 0 Å². The molecule has 3 atom stereocenters. The van der Waals surface area contributed by atoms with Gasteiger partial charge >= 0.3 is 0 Å². The Bertz CT molecular complexity index is 1130. The summed E-state index contributed by atoms with van der Waals surface area (Å²) in [7, 11) is 0. The van der Waals surface area contributed by atoms with Crippen LogP contribution in [0.4, 0.5) is 5.69 Å². The second-order valence-corrected chi connectivity index (χ2v) is 8.27. The second-order valence-electron chi connectivity index (χ2n) is 8.27. The van der Waals surface area contributed by atoms with Gasteiger partial charge in [0.2, 0.25) is 5.91 Å². The average Bonchev–Trinajstić information content (AvgIpc) is 2.97. The molecule has 0 spiro atoms. The lowest BCUT2D eigenvalue weighted by molar-refractivity contribution is -0.119. The molecule has 2 aromatic carbocycles. The predicted octanol–water partition coefficient (Wildman–Crippen LogP) is 4.91. The number of benzene rings is 2. The fourth-order valence-corrected chi connectivity index (χ4v) is 6.05. The molecule has 0 unspecified atom stereocenters. The van der Waals surface area contributed by atoms with Crippen LogP contribution in [0.25, 0.3) is 0 Å². The lowest BCUT2D eigenvalue weighted by Gasteiger charge is -2.62. The molecule has 0 radical (unpaired) electrons. The van der Waals surface area contributed by atoms with Gasteiger partial charge in [-0.25, -0.2) is 0 Å². The van der Waals surface area contributed by atoms with E-state index in [1.165, 1.54) is 0 Å². The lowest BCUT2D eigenvalue weighted by Crippen LogP contribution is -2.73. The van der Waals surface area contributed by atoms with Crippen LogP contribution in [0.15, 0.2) is 79.0 Å². The zero-order valence-corrected chi connectivity index (χ0v) is 17.2. The van der Waals surface area contributed by atoms with Crippen molar-refractivity contribution < 1.29 is 9.59 Å². The van der Waals surface area contributed by atoms with Gasteiger partial charge in [-0.05, 0) is 36.6 Å². The Hall–Kier alpha value is -3.27. The highest BCUT2D eigenvalue weighted by atomic mass is 16.2. The molecule has 0 bridgehead atoms. The zero-order valence-electron chi connectivity index (χ0n) is 17.2. The molecular formula is C26H24N2O2. The number of fused-ring (bicyclic) bond motifs is 3. The monoisotopic (exact) mass is 396 g/mol. The molecule has 30 heavy (non-hydrogen) atoms. The molecule has 3 aromatic rings. The van der Waals surface area contributed by atoms with Gasteiger partial charge in [-0.2, -0.15) is 0 Å². The lowest BCUT2D eigenvalue weighted by atomic mass is 9.43. The van der Waals surface area contributed by atoms with Crippen molar-refractivity contribution in [2.75, 3.05) is 4.90 Å². The van der Waals surface area contributed by atoms with Crippen LogP contribution in [0, 0.1) is 0 Å². The van der Waals surface area contributed by atoms with Crippen LogP contribution in [0.5, 0.6) is 0 Å². The Balaban J connectivity index is 1.83. The Labute approximate surface area is 176 Å². The van der Waals surface area contributed by atoms with E-state index in [0.29, 0.717) is 18.4 Å². The van der Waals surface area contributed by atoms with Crippen LogP contribution in [-0.2, 0) is 10.2 Å². The Morgan fingerprint density at radius 1 is 1.00 bits per heavy atom. The Kier molecular flexibility index (Phi) is 4.14. The van der Waals surface area contributed by atoms with Gasteiger partial charge in [-0.15, -0.1) is 0 Å². The summed E-state index contributed by atoms with van der Waals surface area (Å²) >= 11 is 0. The molecule has 1 fully saturated rings. The number of rotatable bonds is 4. The summed E-state index contributed by atoms with van der Waals surface area (Å²) in [5.41, 5.74) is 1.95. The minimum absolute atomic E-state index is 0.0218. The van der Waals surface area contributed by atoms with Gasteiger partial charge in [0, 0.05) is 36.0 Å². The van der Waals surface area contributed by atoms with E-state index in [-0.39, 0.29) is 17.6 Å². The number of hydrogen-bond acceptors (Lipinski definition) is 3. The number of pyridine rings is 1. The quantitative estimate of drug-likeness (QED) is 0.589. The number of anilines is 1. The highest BCUT2D eigenvalue weighted by molar-refractivity contribution is 6.13. The maximum atomic E-state index is 14.3. The molecule has 2 aliphatic rings.